The lowest BCUT2D eigenvalue weighted by Gasteiger charge is -2.41. The summed E-state index contributed by atoms with van der Waals surface area (Å²) in [7, 11) is 0. The lowest BCUT2D eigenvalue weighted by molar-refractivity contribution is 0.109. The fraction of sp³-hybridized carbons (Fsp3) is 0.500. The quantitative estimate of drug-likeness (QED) is 0.917. The van der Waals surface area contributed by atoms with Gasteiger partial charge >= 0.3 is 0 Å². The van der Waals surface area contributed by atoms with Crippen LogP contribution >= 0.6 is 0 Å². The third-order valence-corrected chi connectivity index (χ3v) is 5.05. The number of hydrogen-bond donors (Lipinski definition) is 1. The largest absolute Gasteiger partial charge is 0.314 e. The highest BCUT2D eigenvalue weighted by Gasteiger charge is 2.30. The van der Waals surface area contributed by atoms with E-state index in [2.05, 4.69) is 39.5 Å². The molecule has 2 aromatic rings. The van der Waals surface area contributed by atoms with E-state index in [0.29, 0.717) is 0 Å². The van der Waals surface area contributed by atoms with E-state index in [0.717, 1.165) is 24.0 Å². The number of nitrogens with zero attached hydrogens (tertiary/aromatic N) is 2. The van der Waals surface area contributed by atoms with Gasteiger partial charge in [-0.1, -0.05) is 12.1 Å². The van der Waals surface area contributed by atoms with E-state index in [1.165, 1.54) is 49.8 Å². The maximum Gasteiger partial charge on any atom is 0.0702 e. The van der Waals surface area contributed by atoms with E-state index in [1.807, 2.05) is 12.3 Å². The van der Waals surface area contributed by atoms with Crippen molar-refractivity contribution in [2.24, 2.45) is 5.92 Å². The summed E-state index contributed by atoms with van der Waals surface area (Å²) < 4.78 is 0. The number of aromatic nitrogens is 1. The fourth-order valence-electron chi connectivity index (χ4n) is 3.95. The molecule has 2 aliphatic heterocycles. The monoisotopic (exact) mass is 281 g/mol. The number of hydrogen-bond acceptors (Lipinski definition) is 3. The molecule has 1 aromatic heterocycles. The Balaban J connectivity index is 1.47. The van der Waals surface area contributed by atoms with Gasteiger partial charge in [-0.15, -0.1) is 0 Å². The minimum Gasteiger partial charge on any atom is -0.314 e. The highest BCUT2D eigenvalue weighted by Crippen LogP contribution is 2.26. The van der Waals surface area contributed by atoms with Gasteiger partial charge in [0, 0.05) is 30.7 Å². The van der Waals surface area contributed by atoms with E-state index >= 15 is 0 Å². The molecule has 0 saturated carbocycles. The number of benzene rings is 1. The van der Waals surface area contributed by atoms with Crippen molar-refractivity contribution in [3.63, 3.8) is 0 Å². The Morgan fingerprint density at radius 3 is 3.24 bits per heavy atom. The van der Waals surface area contributed by atoms with Crippen molar-refractivity contribution in [1.82, 2.24) is 15.2 Å². The van der Waals surface area contributed by atoms with Gasteiger partial charge in [-0.05, 0) is 62.0 Å². The molecule has 3 nitrogen and oxygen atoms in total. The van der Waals surface area contributed by atoms with E-state index in [4.69, 9.17) is 0 Å². The standard InChI is InChI=1S/C18H23N3/c1-3-15-11-14(5-6-17(15)19-8-1)12-21-10-7-18-16(13-21)4-2-9-20-18/h1,3,5-6,8,11,16,18,20H,2,4,7,9-10,12-13H2. The second-order valence-electron chi connectivity index (χ2n) is 6.52. The maximum atomic E-state index is 4.40. The van der Waals surface area contributed by atoms with Gasteiger partial charge in [0.15, 0.2) is 0 Å². The van der Waals surface area contributed by atoms with Crippen LogP contribution in [0.1, 0.15) is 24.8 Å². The van der Waals surface area contributed by atoms with Crippen molar-refractivity contribution in [2.75, 3.05) is 19.6 Å². The summed E-state index contributed by atoms with van der Waals surface area (Å²) in [5.41, 5.74) is 2.51. The summed E-state index contributed by atoms with van der Waals surface area (Å²) in [6.07, 6.45) is 5.91. The van der Waals surface area contributed by atoms with Gasteiger partial charge in [0.25, 0.3) is 0 Å². The zero-order chi connectivity index (χ0) is 14.1. The molecule has 2 unspecified atom stereocenters. The minimum atomic E-state index is 0.774. The molecule has 2 saturated heterocycles. The molecule has 0 radical (unpaired) electrons. The molecule has 3 heterocycles. The van der Waals surface area contributed by atoms with Crippen LogP contribution in [0.4, 0.5) is 0 Å². The first-order chi connectivity index (χ1) is 10.4. The predicted octanol–water partition coefficient (Wildman–Crippen LogP) is 2.81. The molecule has 2 atom stereocenters. The molecule has 0 aliphatic carbocycles. The van der Waals surface area contributed by atoms with Crippen LogP contribution in [0, 0.1) is 5.92 Å². The Hall–Kier alpha value is -1.45. The second-order valence-corrected chi connectivity index (χ2v) is 6.52. The van der Waals surface area contributed by atoms with E-state index in [9.17, 15) is 0 Å². The SMILES string of the molecule is c1cnc2ccc(CN3CCC4NCCCC4C3)cc2c1. The van der Waals surface area contributed by atoms with Crippen molar-refractivity contribution in [3.05, 3.63) is 42.1 Å². The van der Waals surface area contributed by atoms with Crippen LogP contribution in [-0.2, 0) is 6.54 Å². The lowest BCUT2D eigenvalue weighted by atomic mass is 9.85. The maximum absolute atomic E-state index is 4.40. The molecule has 1 aromatic carbocycles. The van der Waals surface area contributed by atoms with Gasteiger partial charge in [0.1, 0.15) is 0 Å². The van der Waals surface area contributed by atoms with Crippen LogP contribution in [0.25, 0.3) is 10.9 Å². The third kappa shape index (κ3) is 2.81. The molecule has 1 N–H and O–H groups in total. The molecule has 3 heteroatoms. The molecule has 2 aliphatic rings. The first kappa shape index (κ1) is 13.2. The van der Waals surface area contributed by atoms with Crippen LogP contribution in [0.2, 0.25) is 0 Å². The van der Waals surface area contributed by atoms with Crippen LogP contribution < -0.4 is 5.32 Å². The topological polar surface area (TPSA) is 28.2 Å². The summed E-state index contributed by atoms with van der Waals surface area (Å²) >= 11 is 0. The fourth-order valence-corrected chi connectivity index (χ4v) is 3.95. The summed E-state index contributed by atoms with van der Waals surface area (Å²) in [4.78, 5) is 7.03. The average molecular weight is 281 g/mol. The van der Waals surface area contributed by atoms with Gasteiger partial charge in [0.2, 0.25) is 0 Å². The number of pyridine rings is 1. The molecule has 0 bridgehead atoms. The van der Waals surface area contributed by atoms with Crippen molar-refractivity contribution in [3.8, 4) is 0 Å². The summed E-state index contributed by atoms with van der Waals surface area (Å²) in [6.45, 7) is 4.77. The van der Waals surface area contributed by atoms with Crippen molar-refractivity contribution in [2.45, 2.75) is 31.8 Å². The molecule has 21 heavy (non-hydrogen) atoms. The van der Waals surface area contributed by atoms with Crippen LogP contribution in [0.3, 0.4) is 0 Å². The molecular weight excluding hydrogens is 258 g/mol. The van der Waals surface area contributed by atoms with Gasteiger partial charge in [-0.2, -0.15) is 0 Å². The Bertz CT molecular complexity index is 625. The first-order valence-corrected chi connectivity index (χ1v) is 8.18. The summed E-state index contributed by atoms with van der Waals surface area (Å²) in [5, 5.41) is 4.95. The highest BCUT2D eigenvalue weighted by atomic mass is 15.2. The van der Waals surface area contributed by atoms with E-state index in [1.54, 1.807) is 0 Å². The number of fused-ring (bicyclic) bond motifs is 2. The third-order valence-electron chi connectivity index (χ3n) is 5.05. The molecule has 0 spiro atoms. The normalized spacial score (nSPS) is 26.7. The van der Waals surface area contributed by atoms with Gasteiger partial charge in [0.05, 0.1) is 5.52 Å². The van der Waals surface area contributed by atoms with Crippen molar-refractivity contribution < 1.29 is 0 Å². The molecule has 4 rings (SSSR count). The van der Waals surface area contributed by atoms with Crippen molar-refractivity contribution in [1.29, 1.82) is 0 Å². The number of likely N-dealkylation sites (tertiary alicyclic amines) is 1. The van der Waals surface area contributed by atoms with E-state index < -0.39 is 0 Å². The molecule has 110 valence electrons. The Kier molecular flexibility index (Phi) is 3.62. The van der Waals surface area contributed by atoms with Gasteiger partial charge in [-0.3, -0.25) is 9.88 Å². The molecule has 2 fully saturated rings. The van der Waals surface area contributed by atoms with E-state index in [-0.39, 0.29) is 0 Å². The van der Waals surface area contributed by atoms with Gasteiger partial charge < -0.3 is 5.32 Å². The number of piperidine rings is 2. The van der Waals surface area contributed by atoms with Crippen molar-refractivity contribution >= 4 is 10.9 Å². The minimum absolute atomic E-state index is 0.774. The predicted molar refractivity (Wildman–Crippen MR) is 86.2 cm³/mol. The average Bonchev–Trinajstić information content (AvgIpc) is 2.55. The second kappa shape index (κ2) is 5.74. The van der Waals surface area contributed by atoms with Crippen LogP contribution in [0.5, 0.6) is 0 Å². The Labute approximate surface area is 126 Å². The molecular formula is C18H23N3. The Morgan fingerprint density at radius 1 is 1.24 bits per heavy atom. The smallest absolute Gasteiger partial charge is 0.0702 e. The zero-order valence-electron chi connectivity index (χ0n) is 12.5. The number of rotatable bonds is 2. The van der Waals surface area contributed by atoms with Gasteiger partial charge in [-0.25, -0.2) is 0 Å². The summed E-state index contributed by atoms with van der Waals surface area (Å²) in [5.74, 6) is 0.856. The van der Waals surface area contributed by atoms with Crippen LogP contribution in [0.15, 0.2) is 36.5 Å². The lowest BCUT2D eigenvalue weighted by Crippen LogP contribution is -2.51. The first-order valence-electron chi connectivity index (χ1n) is 8.18. The summed E-state index contributed by atoms with van der Waals surface area (Å²) in [6, 6.07) is 11.6. The van der Waals surface area contributed by atoms with Crippen LogP contribution in [-0.4, -0.2) is 35.6 Å². The highest BCUT2D eigenvalue weighted by molar-refractivity contribution is 5.78. The Morgan fingerprint density at radius 2 is 2.24 bits per heavy atom. The zero-order valence-corrected chi connectivity index (χ0v) is 12.5. The molecule has 0 amide bonds. The number of nitrogens with one attached hydrogen (secondary N) is 1.